The Morgan fingerprint density at radius 1 is 1.29 bits per heavy atom. The molecule has 1 heterocycles. The smallest absolute Gasteiger partial charge is 0.251 e. The number of allylic oxidation sites excluding steroid dienone is 1. The summed E-state index contributed by atoms with van der Waals surface area (Å²) in [5.74, 6) is 0.0224. The monoisotopic (exact) mass is 328 g/mol. The number of anilines is 1. The van der Waals surface area contributed by atoms with E-state index in [-0.39, 0.29) is 5.91 Å². The van der Waals surface area contributed by atoms with Crippen LogP contribution < -0.4 is 10.2 Å². The number of carbonyl (C=O) groups is 1. The fraction of sp³-hybridized carbons (Fsp3) is 0.550. The lowest BCUT2D eigenvalue weighted by atomic mass is 9.97. The van der Waals surface area contributed by atoms with Crippen LogP contribution in [0.1, 0.15) is 48.9 Å². The highest BCUT2D eigenvalue weighted by atomic mass is 16.5. The summed E-state index contributed by atoms with van der Waals surface area (Å²) >= 11 is 0. The molecule has 1 aromatic carbocycles. The van der Waals surface area contributed by atoms with E-state index in [1.54, 1.807) is 7.11 Å². The van der Waals surface area contributed by atoms with Crippen molar-refractivity contribution in [1.82, 2.24) is 5.32 Å². The van der Waals surface area contributed by atoms with Gasteiger partial charge in [-0.25, -0.2) is 0 Å². The van der Waals surface area contributed by atoms with Gasteiger partial charge in [-0.1, -0.05) is 11.6 Å². The lowest BCUT2D eigenvalue weighted by Crippen LogP contribution is -2.25. The van der Waals surface area contributed by atoms with Crippen LogP contribution in [0.25, 0.3) is 0 Å². The molecule has 1 aromatic rings. The molecule has 1 fully saturated rings. The second-order valence-corrected chi connectivity index (χ2v) is 6.75. The van der Waals surface area contributed by atoms with Crippen LogP contribution in [-0.4, -0.2) is 38.8 Å². The van der Waals surface area contributed by atoms with Crippen molar-refractivity contribution in [2.75, 3.05) is 31.6 Å². The molecular formula is C20H28N2O2. The predicted molar refractivity (Wildman–Crippen MR) is 97.6 cm³/mol. The Balaban J connectivity index is 1.48. The van der Waals surface area contributed by atoms with Crippen molar-refractivity contribution in [2.24, 2.45) is 0 Å². The minimum Gasteiger partial charge on any atom is -0.380 e. The molecule has 0 saturated carbocycles. The second-order valence-electron chi connectivity index (χ2n) is 6.75. The molecule has 1 unspecified atom stereocenters. The third-order valence-corrected chi connectivity index (χ3v) is 5.09. The highest BCUT2D eigenvalue weighted by Gasteiger charge is 2.22. The summed E-state index contributed by atoms with van der Waals surface area (Å²) in [4.78, 5) is 14.6. The Hall–Kier alpha value is -1.81. The Bertz CT molecular complexity index is 580. The van der Waals surface area contributed by atoms with Crippen LogP contribution in [-0.2, 0) is 4.74 Å². The van der Waals surface area contributed by atoms with Gasteiger partial charge in [-0.2, -0.15) is 0 Å². The topological polar surface area (TPSA) is 41.6 Å². The van der Waals surface area contributed by atoms with Gasteiger partial charge in [0, 0.05) is 38.0 Å². The average Bonchev–Trinajstić information content (AvgIpc) is 3.12. The van der Waals surface area contributed by atoms with E-state index < -0.39 is 0 Å². The minimum absolute atomic E-state index is 0.0224. The van der Waals surface area contributed by atoms with Gasteiger partial charge >= 0.3 is 0 Å². The van der Waals surface area contributed by atoms with Crippen LogP contribution in [0.3, 0.4) is 0 Å². The first kappa shape index (κ1) is 17.0. The number of methoxy groups -OCH3 is 1. The van der Waals surface area contributed by atoms with Crippen molar-refractivity contribution in [3.63, 3.8) is 0 Å². The van der Waals surface area contributed by atoms with Crippen molar-refractivity contribution in [3.8, 4) is 0 Å². The number of hydrogen-bond acceptors (Lipinski definition) is 3. The summed E-state index contributed by atoms with van der Waals surface area (Å²) < 4.78 is 5.41. The normalized spacial score (nSPS) is 20.8. The van der Waals surface area contributed by atoms with Crippen LogP contribution in [0, 0.1) is 0 Å². The second kappa shape index (κ2) is 8.34. The molecule has 1 N–H and O–H groups in total. The molecule has 1 aliphatic heterocycles. The molecule has 1 atom stereocenters. The van der Waals surface area contributed by atoms with Gasteiger partial charge in [0.2, 0.25) is 0 Å². The molecule has 0 aromatic heterocycles. The fourth-order valence-electron chi connectivity index (χ4n) is 3.55. The van der Waals surface area contributed by atoms with Crippen LogP contribution >= 0.6 is 0 Å². The maximum Gasteiger partial charge on any atom is 0.251 e. The summed E-state index contributed by atoms with van der Waals surface area (Å²) in [6.07, 6.45) is 9.71. The molecule has 0 bridgehead atoms. The van der Waals surface area contributed by atoms with E-state index in [2.05, 4.69) is 16.3 Å². The summed E-state index contributed by atoms with van der Waals surface area (Å²) in [7, 11) is 1.77. The number of nitrogens with zero attached hydrogens (tertiary/aromatic N) is 1. The molecular weight excluding hydrogens is 300 g/mol. The Morgan fingerprint density at radius 2 is 2.12 bits per heavy atom. The quantitative estimate of drug-likeness (QED) is 0.812. The van der Waals surface area contributed by atoms with Crippen LogP contribution in [0.15, 0.2) is 35.9 Å². The number of carbonyl (C=O) groups excluding carboxylic acids is 1. The average molecular weight is 328 g/mol. The SMILES string of the molecule is COC1CCN(c2ccc(C(=O)NCCC3=CCCCC3)cc2)C1. The predicted octanol–water partition coefficient (Wildman–Crippen LogP) is 3.53. The van der Waals surface area contributed by atoms with E-state index >= 15 is 0 Å². The van der Waals surface area contributed by atoms with Gasteiger partial charge in [-0.3, -0.25) is 4.79 Å². The molecule has 130 valence electrons. The molecule has 0 spiro atoms. The third-order valence-electron chi connectivity index (χ3n) is 5.09. The van der Waals surface area contributed by atoms with Crippen molar-refractivity contribution < 1.29 is 9.53 Å². The Morgan fingerprint density at radius 3 is 2.79 bits per heavy atom. The molecule has 24 heavy (non-hydrogen) atoms. The molecule has 1 aliphatic carbocycles. The first-order chi connectivity index (χ1) is 11.8. The standard InChI is InChI=1S/C20H28N2O2/c1-24-19-12-14-22(15-19)18-9-7-17(8-10-18)20(23)21-13-11-16-5-3-2-4-6-16/h5,7-10,19H,2-4,6,11-15H2,1H3,(H,21,23). The van der Waals surface area contributed by atoms with Gasteiger partial charge in [0.15, 0.2) is 0 Å². The van der Waals surface area contributed by atoms with Crippen LogP contribution in [0.4, 0.5) is 5.69 Å². The van der Waals surface area contributed by atoms with Crippen molar-refractivity contribution in [3.05, 3.63) is 41.5 Å². The van der Waals surface area contributed by atoms with Gasteiger partial charge in [0.05, 0.1) is 6.10 Å². The number of ether oxygens (including phenoxy) is 1. The van der Waals surface area contributed by atoms with Crippen molar-refractivity contribution >= 4 is 11.6 Å². The van der Waals surface area contributed by atoms with Crippen LogP contribution in [0.2, 0.25) is 0 Å². The third kappa shape index (κ3) is 4.38. The summed E-state index contributed by atoms with van der Waals surface area (Å²) in [6, 6.07) is 7.92. The van der Waals surface area contributed by atoms with Gasteiger partial charge in [-0.15, -0.1) is 0 Å². The molecule has 0 radical (unpaired) electrons. The maximum absolute atomic E-state index is 12.3. The van der Waals surface area contributed by atoms with Crippen LogP contribution in [0.5, 0.6) is 0 Å². The summed E-state index contributed by atoms with van der Waals surface area (Å²) in [5.41, 5.74) is 3.40. The number of rotatable bonds is 6. The summed E-state index contributed by atoms with van der Waals surface area (Å²) in [6.45, 7) is 2.67. The van der Waals surface area contributed by atoms with E-state index in [0.717, 1.165) is 38.0 Å². The zero-order valence-corrected chi connectivity index (χ0v) is 14.6. The van der Waals surface area contributed by atoms with Gasteiger partial charge in [0.25, 0.3) is 5.91 Å². The van der Waals surface area contributed by atoms with Crippen molar-refractivity contribution in [2.45, 2.75) is 44.6 Å². The number of benzene rings is 1. The molecule has 2 aliphatic rings. The van der Waals surface area contributed by atoms with Gasteiger partial charge in [0.1, 0.15) is 0 Å². The maximum atomic E-state index is 12.3. The Kier molecular flexibility index (Phi) is 5.91. The van der Waals surface area contributed by atoms with Gasteiger partial charge < -0.3 is 15.0 Å². The number of nitrogens with one attached hydrogen (secondary N) is 1. The first-order valence-electron chi connectivity index (χ1n) is 9.10. The highest BCUT2D eigenvalue weighted by Crippen LogP contribution is 2.22. The molecule has 1 amide bonds. The lowest BCUT2D eigenvalue weighted by molar-refractivity contribution is 0.0954. The zero-order chi connectivity index (χ0) is 16.8. The molecule has 1 saturated heterocycles. The highest BCUT2D eigenvalue weighted by molar-refractivity contribution is 5.94. The van der Waals surface area contributed by atoms with Gasteiger partial charge in [-0.05, 0) is 62.8 Å². The number of hydrogen-bond donors (Lipinski definition) is 1. The molecule has 4 heteroatoms. The van der Waals surface area contributed by atoms with E-state index in [1.807, 2.05) is 24.3 Å². The van der Waals surface area contributed by atoms with E-state index in [1.165, 1.54) is 36.9 Å². The van der Waals surface area contributed by atoms with E-state index in [9.17, 15) is 4.79 Å². The first-order valence-corrected chi connectivity index (χ1v) is 9.10. The Labute approximate surface area is 144 Å². The van der Waals surface area contributed by atoms with Crippen molar-refractivity contribution in [1.29, 1.82) is 0 Å². The van der Waals surface area contributed by atoms with E-state index in [4.69, 9.17) is 4.74 Å². The molecule has 3 rings (SSSR count). The number of amides is 1. The fourth-order valence-corrected chi connectivity index (χ4v) is 3.55. The molecule has 4 nitrogen and oxygen atoms in total. The summed E-state index contributed by atoms with van der Waals surface area (Å²) in [5, 5.41) is 3.04. The largest absolute Gasteiger partial charge is 0.380 e. The zero-order valence-electron chi connectivity index (χ0n) is 14.6. The van der Waals surface area contributed by atoms with E-state index in [0.29, 0.717) is 6.10 Å². The minimum atomic E-state index is 0.0224. The lowest BCUT2D eigenvalue weighted by Gasteiger charge is -2.18.